The molecular formula is C15H19NO4. The zero-order chi connectivity index (χ0) is 14.4. The van der Waals surface area contributed by atoms with E-state index >= 15 is 0 Å². The van der Waals surface area contributed by atoms with Gasteiger partial charge in [0.15, 0.2) is 0 Å². The van der Waals surface area contributed by atoms with Gasteiger partial charge in [-0.05, 0) is 24.9 Å². The van der Waals surface area contributed by atoms with Crippen LogP contribution in [-0.4, -0.2) is 30.1 Å². The molecule has 1 aliphatic heterocycles. The molecule has 20 heavy (non-hydrogen) atoms. The lowest BCUT2D eigenvalue weighted by atomic mass is 9.78. The average Bonchev–Trinajstić information content (AvgIpc) is 2.47. The van der Waals surface area contributed by atoms with Gasteiger partial charge in [-0.2, -0.15) is 0 Å². The summed E-state index contributed by atoms with van der Waals surface area (Å²) in [5.74, 6) is -1.39. The fourth-order valence-electron chi connectivity index (χ4n) is 2.44. The second-order valence-corrected chi connectivity index (χ2v) is 5.19. The Hall–Kier alpha value is -1.88. The van der Waals surface area contributed by atoms with E-state index < -0.39 is 17.4 Å². The van der Waals surface area contributed by atoms with E-state index in [-0.39, 0.29) is 13.0 Å². The summed E-state index contributed by atoms with van der Waals surface area (Å²) in [6, 6.07) is 9.35. The molecule has 0 radical (unpaired) electrons. The van der Waals surface area contributed by atoms with E-state index in [9.17, 15) is 14.7 Å². The molecule has 5 heteroatoms. The molecule has 1 fully saturated rings. The fraction of sp³-hybridized carbons (Fsp3) is 0.467. The lowest BCUT2D eigenvalue weighted by molar-refractivity contribution is -0.160. The quantitative estimate of drug-likeness (QED) is 0.799. The number of hydrogen-bond acceptors (Lipinski definition) is 4. The maximum absolute atomic E-state index is 11.9. The molecule has 0 spiro atoms. The lowest BCUT2D eigenvalue weighted by Crippen LogP contribution is -2.47. The van der Waals surface area contributed by atoms with Crippen LogP contribution in [0.5, 0.6) is 0 Å². The summed E-state index contributed by atoms with van der Waals surface area (Å²) in [6.45, 7) is 1.31. The van der Waals surface area contributed by atoms with E-state index in [0.717, 1.165) is 18.5 Å². The molecule has 5 nitrogen and oxygen atoms in total. The maximum Gasteiger partial charge on any atom is 0.311 e. The highest BCUT2D eigenvalue weighted by Crippen LogP contribution is 2.31. The van der Waals surface area contributed by atoms with Gasteiger partial charge in [0.05, 0.1) is 11.8 Å². The predicted octanol–water partition coefficient (Wildman–Crippen LogP) is 1.57. The number of carbonyl (C=O) groups excluding carboxylic acids is 1. The van der Waals surface area contributed by atoms with Gasteiger partial charge in [-0.3, -0.25) is 9.59 Å². The molecule has 1 atom stereocenters. The molecule has 0 aromatic heterocycles. The molecule has 2 N–H and O–H groups in total. The van der Waals surface area contributed by atoms with Crippen molar-refractivity contribution in [1.82, 2.24) is 5.32 Å². The number of carboxylic acids is 1. The number of ether oxygens (including phenoxy) is 1. The number of carbonyl (C=O) groups is 2. The van der Waals surface area contributed by atoms with E-state index in [1.54, 1.807) is 0 Å². The Balaban J connectivity index is 1.90. The van der Waals surface area contributed by atoms with Crippen molar-refractivity contribution in [2.24, 2.45) is 5.41 Å². The van der Waals surface area contributed by atoms with Gasteiger partial charge in [-0.15, -0.1) is 0 Å². The Morgan fingerprint density at radius 2 is 2.05 bits per heavy atom. The first kappa shape index (κ1) is 14.5. The van der Waals surface area contributed by atoms with Crippen molar-refractivity contribution in [1.29, 1.82) is 0 Å². The van der Waals surface area contributed by atoms with Crippen molar-refractivity contribution in [3.8, 4) is 0 Å². The zero-order valence-electron chi connectivity index (χ0n) is 11.3. The van der Waals surface area contributed by atoms with Crippen LogP contribution in [0.3, 0.4) is 0 Å². The standard InChI is InChI=1S/C15H19NO4/c17-13(20-10-12-5-2-1-3-6-12)9-15(14(18)19)7-4-8-16-11-15/h1-3,5-6,16H,4,7-11H2,(H,18,19). The molecule has 108 valence electrons. The zero-order valence-corrected chi connectivity index (χ0v) is 11.3. The van der Waals surface area contributed by atoms with Gasteiger partial charge in [0, 0.05) is 6.54 Å². The molecule has 1 aromatic rings. The third kappa shape index (κ3) is 3.57. The van der Waals surface area contributed by atoms with Gasteiger partial charge >= 0.3 is 11.9 Å². The van der Waals surface area contributed by atoms with Crippen LogP contribution in [0.15, 0.2) is 30.3 Å². The molecule has 1 unspecified atom stereocenters. The minimum absolute atomic E-state index is 0.0812. The number of hydrogen-bond donors (Lipinski definition) is 2. The maximum atomic E-state index is 11.9. The first-order valence-corrected chi connectivity index (χ1v) is 6.76. The number of benzene rings is 1. The summed E-state index contributed by atoms with van der Waals surface area (Å²) < 4.78 is 5.18. The van der Waals surface area contributed by atoms with Crippen LogP contribution in [0.25, 0.3) is 0 Å². The topological polar surface area (TPSA) is 75.6 Å². The van der Waals surface area contributed by atoms with Gasteiger partial charge in [0.2, 0.25) is 0 Å². The van der Waals surface area contributed by atoms with Crippen LogP contribution >= 0.6 is 0 Å². The molecule has 0 saturated carbocycles. The highest BCUT2D eigenvalue weighted by atomic mass is 16.5. The largest absolute Gasteiger partial charge is 0.481 e. The van der Waals surface area contributed by atoms with Crippen molar-refractivity contribution >= 4 is 11.9 Å². The predicted molar refractivity (Wildman–Crippen MR) is 73.0 cm³/mol. The second kappa shape index (κ2) is 6.52. The van der Waals surface area contributed by atoms with E-state index in [4.69, 9.17) is 4.74 Å². The number of aliphatic carboxylic acids is 1. The Bertz CT molecular complexity index is 466. The number of nitrogens with one attached hydrogen (secondary N) is 1. The fourth-order valence-corrected chi connectivity index (χ4v) is 2.44. The lowest BCUT2D eigenvalue weighted by Gasteiger charge is -2.32. The van der Waals surface area contributed by atoms with Crippen LogP contribution in [-0.2, 0) is 20.9 Å². The summed E-state index contributed by atoms with van der Waals surface area (Å²) >= 11 is 0. The molecule has 0 aliphatic carbocycles. The van der Waals surface area contributed by atoms with Crippen molar-refractivity contribution in [3.63, 3.8) is 0 Å². The highest BCUT2D eigenvalue weighted by molar-refractivity contribution is 5.82. The second-order valence-electron chi connectivity index (χ2n) is 5.19. The normalized spacial score (nSPS) is 22.2. The summed E-state index contributed by atoms with van der Waals surface area (Å²) in [6.07, 6.45) is 1.19. The molecule has 1 saturated heterocycles. The van der Waals surface area contributed by atoms with E-state index in [1.165, 1.54) is 0 Å². The van der Waals surface area contributed by atoms with Crippen molar-refractivity contribution in [2.75, 3.05) is 13.1 Å². The molecule has 0 amide bonds. The molecule has 2 rings (SSSR count). The number of carboxylic acid groups (broad SMARTS) is 1. The van der Waals surface area contributed by atoms with Crippen LogP contribution in [0, 0.1) is 5.41 Å². The third-order valence-corrected chi connectivity index (χ3v) is 3.65. The third-order valence-electron chi connectivity index (χ3n) is 3.65. The van der Waals surface area contributed by atoms with Crippen LogP contribution in [0.1, 0.15) is 24.8 Å². The average molecular weight is 277 g/mol. The number of rotatable bonds is 5. The van der Waals surface area contributed by atoms with E-state index in [1.807, 2.05) is 30.3 Å². The van der Waals surface area contributed by atoms with E-state index in [2.05, 4.69) is 5.32 Å². The number of esters is 1. The van der Waals surface area contributed by atoms with Gasteiger partial charge in [0.1, 0.15) is 6.61 Å². The molecule has 0 bridgehead atoms. The van der Waals surface area contributed by atoms with Gasteiger partial charge in [-0.1, -0.05) is 30.3 Å². The van der Waals surface area contributed by atoms with Gasteiger partial charge in [0.25, 0.3) is 0 Å². The monoisotopic (exact) mass is 277 g/mol. The summed E-state index contributed by atoms with van der Waals surface area (Å²) in [5.41, 5.74) is -0.126. The Kier molecular flexibility index (Phi) is 4.74. The first-order valence-electron chi connectivity index (χ1n) is 6.76. The van der Waals surface area contributed by atoms with Crippen molar-refractivity contribution in [2.45, 2.75) is 25.9 Å². The smallest absolute Gasteiger partial charge is 0.311 e. The van der Waals surface area contributed by atoms with Gasteiger partial charge < -0.3 is 15.2 Å². The summed E-state index contributed by atoms with van der Waals surface area (Å²) in [7, 11) is 0. The van der Waals surface area contributed by atoms with Crippen LogP contribution in [0.2, 0.25) is 0 Å². The minimum atomic E-state index is -1.02. The summed E-state index contributed by atoms with van der Waals surface area (Å²) in [4.78, 5) is 23.3. The Morgan fingerprint density at radius 1 is 1.30 bits per heavy atom. The minimum Gasteiger partial charge on any atom is -0.481 e. The van der Waals surface area contributed by atoms with Crippen molar-refractivity contribution < 1.29 is 19.4 Å². The van der Waals surface area contributed by atoms with Crippen molar-refractivity contribution in [3.05, 3.63) is 35.9 Å². The number of piperidine rings is 1. The molecule has 1 heterocycles. The van der Waals surface area contributed by atoms with E-state index in [0.29, 0.717) is 13.0 Å². The molecule has 1 aliphatic rings. The Morgan fingerprint density at radius 3 is 2.65 bits per heavy atom. The van der Waals surface area contributed by atoms with Crippen LogP contribution < -0.4 is 5.32 Å². The van der Waals surface area contributed by atoms with Gasteiger partial charge in [-0.25, -0.2) is 0 Å². The first-order chi connectivity index (χ1) is 9.62. The highest BCUT2D eigenvalue weighted by Gasteiger charge is 2.42. The SMILES string of the molecule is O=C(CC1(C(=O)O)CCCNC1)OCc1ccccc1. The summed E-state index contributed by atoms with van der Waals surface area (Å²) in [5, 5.41) is 12.4. The Labute approximate surface area is 117 Å². The molecule has 1 aromatic carbocycles. The molecular weight excluding hydrogens is 258 g/mol. The van der Waals surface area contributed by atoms with Crippen LogP contribution in [0.4, 0.5) is 0 Å².